The summed E-state index contributed by atoms with van der Waals surface area (Å²) in [4.78, 5) is 11.1. The van der Waals surface area contributed by atoms with Gasteiger partial charge in [0, 0.05) is 25.0 Å². The molecule has 1 saturated heterocycles. The van der Waals surface area contributed by atoms with Crippen molar-refractivity contribution in [3.05, 3.63) is 23.7 Å². The molecule has 0 spiro atoms. The van der Waals surface area contributed by atoms with Crippen LogP contribution in [0.3, 0.4) is 0 Å². The highest BCUT2D eigenvalue weighted by Crippen LogP contribution is 2.24. The molecule has 0 unspecified atom stereocenters. The number of β-amino-alcohol motifs (C(OH)–C–C–N with tert-alkyl or cyclic N) is 1. The molecule has 0 aliphatic carbocycles. The summed E-state index contributed by atoms with van der Waals surface area (Å²) in [5.41, 5.74) is 2.83. The molecular formula is C14H19N5O. The van der Waals surface area contributed by atoms with E-state index in [-0.39, 0.29) is 6.10 Å². The van der Waals surface area contributed by atoms with Gasteiger partial charge in [0.15, 0.2) is 5.82 Å². The van der Waals surface area contributed by atoms with E-state index in [0.717, 1.165) is 42.2 Å². The maximum atomic E-state index is 9.78. The maximum Gasteiger partial charge on any atom is 0.165 e. The molecule has 0 bridgehead atoms. The zero-order valence-electron chi connectivity index (χ0n) is 11.8. The SMILES string of the molecule is Cc1n[nH]c(C)c1-c1nccc(N2CCC[C@@H](O)C2)n1. The number of nitrogens with one attached hydrogen (secondary N) is 1. The third-order valence-electron chi connectivity index (χ3n) is 3.71. The van der Waals surface area contributed by atoms with Gasteiger partial charge in [-0.1, -0.05) is 0 Å². The Morgan fingerprint density at radius 3 is 2.95 bits per heavy atom. The third kappa shape index (κ3) is 2.38. The van der Waals surface area contributed by atoms with Crippen LogP contribution in [0, 0.1) is 13.8 Å². The van der Waals surface area contributed by atoms with E-state index in [9.17, 15) is 5.11 Å². The van der Waals surface area contributed by atoms with E-state index in [1.165, 1.54) is 0 Å². The number of H-pyrrole nitrogens is 1. The first-order valence-corrected chi connectivity index (χ1v) is 6.93. The Bertz CT molecular complexity index is 590. The van der Waals surface area contributed by atoms with Crippen molar-refractivity contribution in [3.8, 4) is 11.4 Å². The Labute approximate surface area is 117 Å². The van der Waals surface area contributed by atoms with Gasteiger partial charge < -0.3 is 10.0 Å². The molecule has 2 aromatic heterocycles. The molecule has 1 fully saturated rings. The van der Waals surface area contributed by atoms with Gasteiger partial charge in [-0.3, -0.25) is 5.10 Å². The van der Waals surface area contributed by atoms with Crippen molar-refractivity contribution in [2.75, 3.05) is 18.0 Å². The van der Waals surface area contributed by atoms with Crippen LogP contribution < -0.4 is 4.90 Å². The number of hydrogen-bond acceptors (Lipinski definition) is 5. The highest BCUT2D eigenvalue weighted by Gasteiger charge is 2.20. The summed E-state index contributed by atoms with van der Waals surface area (Å²) in [5.74, 6) is 1.56. The number of aliphatic hydroxyl groups is 1. The molecule has 2 aromatic rings. The van der Waals surface area contributed by atoms with E-state index in [2.05, 4.69) is 25.1 Å². The van der Waals surface area contributed by atoms with Crippen LogP contribution in [0.15, 0.2) is 12.3 Å². The van der Waals surface area contributed by atoms with Gasteiger partial charge in [0.2, 0.25) is 0 Å². The van der Waals surface area contributed by atoms with Gasteiger partial charge in [0.25, 0.3) is 0 Å². The van der Waals surface area contributed by atoms with Crippen molar-refractivity contribution >= 4 is 5.82 Å². The molecule has 2 N–H and O–H groups in total. The lowest BCUT2D eigenvalue weighted by molar-refractivity contribution is 0.154. The van der Waals surface area contributed by atoms with Gasteiger partial charge >= 0.3 is 0 Å². The standard InChI is InChI=1S/C14H19N5O/c1-9-13(10(2)18-17-9)14-15-6-5-12(16-14)19-7-3-4-11(20)8-19/h5-6,11,20H,3-4,7-8H2,1-2H3,(H,17,18)/t11-/m1/s1. The highest BCUT2D eigenvalue weighted by atomic mass is 16.3. The second-order valence-corrected chi connectivity index (χ2v) is 5.29. The number of nitrogens with zero attached hydrogens (tertiary/aromatic N) is 4. The van der Waals surface area contributed by atoms with Gasteiger partial charge in [0.05, 0.1) is 17.4 Å². The smallest absolute Gasteiger partial charge is 0.165 e. The Kier molecular flexibility index (Phi) is 3.40. The number of aromatic amines is 1. The Morgan fingerprint density at radius 2 is 2.25 bits per heavy atom. The first-order valence-electron chi connectivity index (χ1n) is 6.93. The van der Waals surface area contributed by atoms with E-state index < -0.39 is 0 Å². The van der Waals surface area contributed by atoms with E-state index in [1.54, 1.807) is 6.20 Å². The van der Waals surface area contributed by atoms with Crippen LogP contribution >= 0.6 is 0 Å². The maximum absolute atomic E-state index is 9.78. The molecular weight excluding hydrogens is 254 g/mol. The molecule has 0 aromatic carbocycles. The first-order chi connectivity index (χ1) is 9.65. The minimum atomic E-state index is -0.264. The fourth-order valence-electron chi connectivity index (χ4n) is 2.69. The normalized spacial score (nSPS) is 19.4. The molecule has 20 heavy (non-hydrogen) atoms. The minimum Gasteiger partial charge on any atom is -0.391 e. The lowest BCUT2D eigenvalue weighted by Crippen LogP contribution is -2.38. The molecule has 1 aliphatic heterocycles. The van der Waals surface area contributed by atoms with E-state index >= 15 is 0 Å². The number of hydrogen-bond donors (Lipinski definition) is 2. The molecule has 1 atom stereocenters. The molecule has 106 valence electrons. The van der Waals surface area contributed by atoms with Crippen LogP contribution in [-0.2, 0) is 0 Å². The van der Waals surface area contributed by atoms with Crippen molar-refractivity contribution < 1.29 is 5.11 Å². The summed E-state index contributed by atoms with van der Waals surface area (Å²) in [6.07, 6.45) is 3.36. The summed E-state index contributed by atoms with van der Waals surface area (Å²) in [6, 6.07) is 1.90. The van der Waals surface area contributed by atoms with Crippen molar-refractivity contribution in [1.29, 1.82) is 0 Å². The molecule has 6 nitrogen and oxygen atoms in total. The summed E-state index contributed by atoms with van der Waals surface area (Å²) in [5, 5.41) is 16.9. The Hall–Kier alpha value is -1.95. The predicted octanol–water partition coefficient (Wildman–Crippen LogP) is 1.44. The molecule has 3 heterocycles. The predicted molar refractivity (Wildman–Crippen MR) is 76.5 cm³/mol. The molecule has 3 rings (SSSR count). The first kappa shape index (κ1) is 13.1. The molecule has 0 radical (unpaired) electrons. The lowest BCUT2D eigenvalue weighted by atomic mass is 10.1. The van der Waals surface area contributed by atoms with Gasteiger partial charge in [-0.2, -0.15) is 5.10 Å². The largest absolute Gasteiger partial charge is 0.391 e. The van der Waals surface area contributed by atoms with Crippen molar-refractivity contribution in [2.24, 2.45) is 0 Å². The fourth-order valence-corrected chi connectivity index (χ4v) is 2.69. The second kappa shape index (κ2) is 5.20. The van der Waals surface area contributed by atoms with Crippen LogP contribution in [0.4, 0.5) is 5.82 Å². The van der Waals surface area contributed by atoms with Crippen molar-refractivity contribution in [3.63, 3.8) is 0 Å². The zero-order chi connectivity index (χ0) is 14.1. The van der Waals surface area contributed by atoms with Crippen molar-refractivity contribution in [2.45, 2.75) is 32.8 Å². The molecule has 1 aliphatic rings. The minimum absolute atomic E-state index is 0.264. The van der Waals surface area contributed by atoms with Gasteiger partial charge in [0.1, 0.15) is 5.82 Å². The van der Waals surface area contributed by atoms with Crippen LogP contribution in [0.5, 0.6) is 0 Å². The number of rotatable bonds is 2. The van der Waals surface area contributed by atoms with Crippen LogP contribution in [0.2, 0.25) is 0 Å². The Morgan fingerprint density at radius 1 is 1.40 bits per heavy atom. The zero-order valence-corrected chi connectivity index (χ0v) is 11.8. The van der Waals surface area contributed by atoms with E-state index in [4.69, 9.17) is 0 Å². The summed E-state index contributed by atoms with van der Waals surface area (Å²) >= 11 is 0. The number of anilines is 1. The fraction of sp³-hybridized carbons (Fsp3) is 0.500. The van der Waals surface area contributed by atoms with Gasteiger partial charge in [-0.05, 0) is 32.8 Å². The van der Waals surface area contributed by atoms with Crippen LogP contribution in [0.25, 0.3) is 11.4 Å². The van der Waals surface area contributed by atoms with Crippen molar-refractivity contribution in [1.82, 2.24) is 20.2 Å². The van der Waals surface area contributed by atoms with E-state index in [1.807, 2.05) is 19.9 Å². The monoisotopic (exact) mass is 273 g/mol. The molecule has 0 saturated carbocycles. The Balaban J connectivity index is 1.94. The molecule has 6 heteroatoms. The summed E-state index contributed by atoms with van der Waals surface area (Å²) in [6.45, 7) is 5.48. The average molecular weight is 273 g/mol. The van der Waals surface area contributed by atoms with E-state index in [0.29, 0.717) is 12.4 Å². The highest BCUT2D eigenvalue weighted by molar-refractivity contribution is 5.62. The average Bonchev–Trinajstić information content (AvgIpc) is 2.78. The quantitative estimate of drug-likeness (QED) is 0.865. The topological polar surface area (TPSA) is 77.9 Å². The van der Waals surface area contributed by atoms with Crippen LogP contribution in [-0.4, -0.2) is 44.5 Å². The number of aryl methyl sites for hydroxylation is 2. The summed E-state index contributed by atoms with van der Waals surface area (Å²) < 4.78 is 0. The second-order valence-electron chi connectivity index (χ2n) is 5.29. The number of aromatic nitrogens is 4. The number of aliphatic hydroxyl groups excluding tert-OH is 1. The van der Waals surface area contributed by atoms with Crippen LogP contribution in [0.1, 0.15) is 24.2 Å². The van der Waals surface area contributed by atoms with Gasteiger partial charge in [-0.15, -0.1) is 0 Å². The number of piperidine rings is 1. The lowest BCUT2D eigenvalue weighted by Gasteiger charge is -2.31. The third-order valence-corrected chi connectivity index (χ3v) is 3.71. The van der Waals surface area contributed by atoms with Gasteiger partial charge in [-0.25, -0.2) is 9.97 Å². The molecule has 0 amide bonds. The summed E-state index contributed by atoms with van der Waals surface area (Å²) in [7, 11) is 0.